The van der Waals surface area contributed by atoms with Crippen LogP contribution in [-0.4, -0.2) is 16.7 Å². The molecule has 27 heavy (non-hydrogen) atoms. The summed E-state index contributed by atoms with van der Waals surface area (Å²) in [5.41, 5.74) is 1.65. The van der Waals surface area contributed by atoms with Crippen molar-refractivity contribution in [3.05, 3.63) is 96.6 Å². The van der Waals surface area contributed by atoms with Crippen molar-refractivity contribution in [2.75, 3.05) is 0 Å². The molecule has 0 saturated heterocycles. The first-order chi connectivity index (χ1) is 12.8. The Morgan fingerprint density at radius 1 is 0.963 bits per heavy atom. The molecule has 0 spiro atoms. The zero-order chi connectivity index (χ0) is 18.2. The number of benzene rings is 2. The Kier molecular flexibility index (Phi) is 8.71. The van der Waals surface area contributed by atoms with Gasteiger partial charge in [-0.1, -0.05) is 60.7 Å². The summed E-state index contributed by atoms with van der Waals surface area (Å²) in [7, 11) is -1.02. The van der Waals surface area contributed by atoms with E-state index >= 15 is 0 Å². The number of halogens is 1. The van der Waals surface area contributed by atoms with Crippen LogP contribution >= 0.6 is 7.92 Å². The molecule has 1 aliphatic carbocycles. The molecule has 0 bridgehead atoms. The molecule has 0 saturated carbocycles. The number of rotatable bonds is 7. The Balaban J connectivity index is 0.00000261. The largest absolute Gasteiger partial charge is 1.00 e. The van der Waals surface area contributed by atoms with Crippen molar-refractivity contribution in [1.29, 1.82) is 0 Å². The standard InChI is InChI=1S/C23H23O2P.BrH/c24-23(25)18-10-8-12-19-11-7-9-17-22(19)26(20-13-3-1-4-14-20)21-15-5-2-6-16-21;/h1-7,9,11-17,22H,8,10,18H2,(H,24,25);1H. The molecule has 2 aromatic carbocycles. The maximum Gasteiger partial charge on any atom is 0.303 e. The molecule has 2 aromatic rings. The lowest BCUT2D eigenvalue weighted by atomic mass is 10.0. The lowest BCUT2D eigenvalue weighted by Crippen LogP contribution is -3.00. The summed E-state index contributed by atoms with van der Waals surface area (Å²) in [5, 5.41) is 11.6. The van der Waals surface area contributed by atoms with Crippen LogP contribution in [0.1, 0.15) is 19.3 Å². The van der Waals surface area contributed by atoms with E-state index in [9.17, 15) is 4.79 Å². The van der Waals surface area contributed by atoms with E-state index < -0.39 is 13.9 Å². The summed E-state index contributed by atoms with van der Waals surface area (Å²) in [6, 6.07) is 21.5. The van der Waals surface area contributed by atoms with Gasteiger partial charge >= 0.3 is 5.97 Å². The van der Waals surface area contributed by atoms with Gasteiger partial charge in [0.15, 0.2) is 0 Å². The molecule has 1 unspecified atom stereocenters. The molecule has 1 atom stereocenters. The highest BCUT2D eigenvalue weighted by Gasteiger charge is 2.33. The molecule has 3 rings (SSSR count). The quantitative estimate of drug-likeness (QED) is 0.521. The molecule has 1 N–H and O–H groups in total. The normalized spacial score (nSPS) is 17.1. The van der Waals surface area contributed by atoms with Crippen LogP contribution in [0.3, 0.4) is 0 Å². The van der Waals surface area contributed by atoms with Gasteiger partial charge in [-0.3, -0.25) is 4.79 Å². The maximum absolute atomic E-state index is 10.8. The van der Waals surface area contributed by atoms with E-state index in [1.807, 2.05) is 0 Å². The molecule has 2 nitrogen and oxygen atoms in total. The third kappa shape index (κ3) is 6.02. The Labute approximate surface area is 172 Å². The summed E-state index contributed by atoms with van der Waals surface area (Å²) in [6.07, 6.45) is 12.6. The second-order valence-electron chi connectivity index (χ2n) is 6.36. The summed E-state index contributed by atoms with van der Waals surface area (Å²) >= 11 is 0. The Bertz CT molecular complexity index is 773. The average Bonchev–Trinajstić information content (AvgIpc) is 2.68. The molecule has 0 fully saturated rings. The van der Waals surface area contributed by atoms with Gasteiger partial charge < -0.3 is 22.1 Å². The van der Waals surface area contributed by atoms with Gasteiger partial charge in [-0.25, -0.2) is 0 Å². The van der Waals surface area contributed by atoms with Gasteiger partial charge in [0.25, 0.3) is 0 Å². The van der Waals surface area contributed by atoms with Gasteiger partial charge in [-0.2, -0.15) is 0 Å². The molecule has 140 valence electrons. The zero-order valence-electron chi connectivity index (χ0n) is 15.1. The minimum atomic E-state index is -1.02. The van der Waals surface area contributed by atoms with E-state index in [1.165, 1.54) is 16.2 Å². The molecule has 0 aromatic heterocycles. The lowest BCUT2D eigenvalue weighted by molar-refractivity contribution is -0.137. The van der Waals surface area contributed by atoms with Crippen molar-refractivity contribution < 1.29 is 26.9 Å². The van der Waals surface area contributed by atoms with E-state index in [-0.39, 0.29) is 23.4 Å². The average molecular weight is 443 g/mol. The summed E-state index contributed by atoms with van der Waals surface area (Å²) in [5.74, 6) is -0.725. The van der Waals surface area contributed by atoms with E-state index in [4.69, 9.17) is 5.11 Å². The molecule has 1 aliphatic rings. The van der Waals surface area contributed by atoms with Crippen molar-refractivity contribution in [3.63, 3.8) is 0 Å². The Hall–Kier alpha value is -1.96. The molecule has 4 heteroatoms. The minimum Gasteiger partial charge on any atom is -1.00 e. The van der Waals surface area contributed by atoms with Gasteiger partial charge in [0.2, 0.25) is 0 Å². The first-order valence-electron chi connectivity index (χ1n) is 9.00. The first kappa shape index (κ1) is 21.3. The van der Waals surface area contributed by atoms with Crippen molar-refractivity contribution in [2.24, 2.45) is 0 Å². The van der Waals surface area contributed by atoms with Gasteiger partial charge in [-0.15, -0.1) is 0 Å². The highest BCUT2D eigenvalue weighted by molar-refractivity contribution is 7.74. The number of unbranched alkanes of at least 4 members (excludes halogenated alkanes) is 1. The van der Waals surface area contributed by atoms with Crippen molar-refractivity contribution in [2.45, 2.75) is 24.9 Å². The minimum absolute atomic E-state index is 0. The number of hydrogen-bond acceptors (Lipinski definition) is 1. The van der Waals surface area contributed by atoms with Gasteiger partial charge in [-0.05, 0) is 48.8 Å². The maximum atomic E-state index is 10.8. The highest BCUT2D eigenvalue weighted by Crippen LogP contribution is 2.45. The van der Waals surface area contributed by atoms with Gasteiger partial charge in [0, 0.05) is 6.42 Å². The summed E-state index contributed by atoms with van der Waals surface area (Å²) < 4.78 is 0. The number of allylic oxidation sites excluding steroid dienone is 6. The van der Waals surface area contributed by atoms with Crippen molar-refractivity contribution in [3.8, 4) is 0 Å². The van der Waals surface area contributed by atoms with Crippen LogP contribution in [0.2, 0.25) is 0 Å². The highest BCUT2D eigenvalue weighted by atomic mass is 79.9. The van der Waals surface area contributed by atoms with Crippen LogP contribution in [0.4, 0.5) is 0 Å². The third-order valence-electron chi connectivity index (χ3n) is 4.52. The Morgan fingerprint density at radius 3 is 2.11 bits per heavy atom. The van der Waals surface area contributed by atoms with Gasteiger partial charge in [0.1, 0.15) is 5.66 Å². The third-order valence-corrected chi connectivity index (χ3v) is 7.58. The molecule has 0 amide bonds. The molecular formula is C23H24BrO2P. The molecule has 0 heterocycles. The lowest BCUT2D eigenvalue weighted by Gasteiger charge is -2.21. The molecule has 0 aliphatic heterocycles. The van der Waals surface area contributed by atoms with Crippen LogP contribution in [0.25, 0.3) is 0 Å². The van der Waals surface area contributed by atoms with Crippen LogP contribution < -0.4 is 27.6 Å². The smallest absolute Gasteiger partial charge is 0.303 e. The van der Waals surface area contributed by atoms with Crippen LogP contribution in [0.5, 0.6) is 0 Å². The monoisotopic (exact) mass is 442 g/mol. The molecule has 0 radical (unpaired) electrons. The number of aliphatic carboxylic acids is 1. The van der Waals surface area contributed by atoms with E-state index in [0.717, 1.165) is 6.42 Å². The first-order valence-corrected chi connectivity index (χ1v) is 10.6. The van der Waals surface area contributed by atoms with E-state index in [0.29, 0.717) is 12.1 Å². The molecular weight excluding hydrogens is 419 g/mol. The zero-order valence-corrected chi connectivity index (χ0v) is 17.7. The van der Waals surface area contributed by atoms with E-state index in [1.54, 1.807) is 0 Å². The second-order valence-corrected chi connectivity index (χ2v) is 8.96. The van der Waals surface area contributed by atoms with Gasteiger partial charge in [0.05, 0.1) is 18.5 Å². The predicted molar refractivity (Wildman–Crippen MR) is 112 cm³/mol. The fourth-order valence-electron chi connectivity index (χ4n) is 3.30. The fraction of sp³-hybridized carbons (Fsp3) is 0.174. The fourth-order valence-corrected chi connectivity index (χ4v) is 6.30. The summed E-state index contributed by atoms with van der Waals surface area (Å²) in [6.45, 7) is 0. The van der Waals surface area contributed by atoms with Crippen molar-refractivity contribution >= 4 is 24.5 Å². The van der Waals surface area contributed by atoms with Crippen molar-refractivity contribution in [1.82, 2.24) is 0 Å². The second kappa shape index (κ2) is 11.0. The SMILES string of the molecule is O=C(O)CCCC=C1C=CC=CC1[PH+](c1ccccc1)c1ccccc1.[Br-]. The van der Waals surface area contributed by atoms with Crippen LogP contribution in [-0.2, 0) is 4.79 Å². The van der Waals surface area contributed by atoms with E-state index in [2.05, 4.69) is 91.0 Å². The van der Waals surface area contributed by atoms with Crippen LogP contribution in [0, 0.1) is 0 Å². The topological polar surface area (TPSA) is 37.3 Å². The number of hydrogen-bond donors (Lipinski definition) is 1. The Morgan fingerprint density at radius 2 is 1.56 bits per heavy atom. The number of carboxylic acids is 1. The van der Waals surface area contributed by atoms with Crippen LogP contribution in [0.15, 0.2) is 96.6 Å². The summed E-state index contributed by atoms with van der Waals surface area (Å²) in [4.78, 5) is 10.8. The number of carboxylic acid groups (broad SMARTS) is 1. The number of carbonyl (C=O) groups is 1. The predicted octanol–water partition coefficient (Wildman–Crippen LogP) is 1.53.